The lowest BCUT2D eigenvalue weighted by atomic mass is 10.3. The van der Waals surface area contributed by atoms with E-state index in [0.29, 0.717) is 5.02 Å². The van der Waals surface area contributed by atoms with Gasteiger partial charge in [0.05, 0.1) is 10.2 Å². The van der Waals surface area contributed by atoms with Crippen LogP contribution in [-0.2, 0) is 11.3 Å². The number of thiazole rings is 1. The van der Waals surface area contributed by atoms with Crippen molar-refractivity contribution in [3.05, 3.63) is 28.0 Å². The van der Waals surface area contributed by atoms with E-state index in [1.54, 1.807) is 0 Å². The van der Waals surface area contributed by atoms with Crippen molar-refractivity contribution >= 4 is 39.1 Å². The van der Waals surface area contributed by atoms with Crippen molar-refractivity contribution in [1.29, 1.82) is 0 Å². The van der Waals surface area contributed by atoms with Crippen molar-refractivity contribution in [1.82, 2.24) is 4.57 Å². The Morgan fingerprint density at radius 3 is 2.94 bits per heavy atom. The van der Waals surface area contributed by atoms with Gasteiger partial charge in [0.15, 0.2) is 4.80 Å². The molecule has 2 rings (SSSR count). The number of rotatable bonds is 1. The molecule has 1 heterocycles. The van der Waals surface area contributed by atoms with Crippen LogP contribution in [0.15, 0.2) is 23.2 Å². The first kappa shape index (κ1) is 11.4. The lowest BCUT2D eigenvalue weighted by Crippen LogP contribution is -2.14. The van der Waals surface area contributed by atoms with E-state index in [0.717, 1.165) is 21.6 Å². The maximum absolute atomic E-state index is 11.0. The monoisotopic (exact) mass is 254 g/mol. The Balaban J connectivity index is 2.81. The first-order valence-electron chi connectivity index (χ1n) is 4.96. The third kappa shape index (κ3) is 2.03. The summed E-state index contributed by atoms with van der Waals surface area (Å²) in [6, 6.07) is 5.70. The average Bonchev–Trinajstić information content (AvgIpc) is 2.52. The van der Waals surface area contributed by atoms with Gasteiger partial charge in [0, 0.05) is 18.5 Å². The minimum atomic E-state index is -0.181. The second-order valence-electron chi connectivity index (χ2n) is 3.37. The summed E-state index contributed by atoms with van der Waals surface area (Å²) in [6.45, 7) is 4.27. The largest absolute Gasteiger partial charge is 0.317 e. The molecule has 0 saturated carbocycles. The minimum Gasteiger partial charge on any atom is -0.317 e. The van der Waals surface area contributed by atoms with Crippen LogP contribution in [-0.4, -0.2) is 10.5 Å². The van der Waals surface area contributed by atoms with Crippen LogP contribution in [0.2, 0.25) is 5.02 Å². The summed E-state index contributed by atoms with van der Waals surface area (Å²) in [6.07, 6.45) is 0. The average molecular weight is 255 g/mol. The molecular weight excluding hydrogens is 244 g/mol. The smallest absolute Gasteiger partial charge is 0.245 e. The summed E-state index contributed by atoms with van der Waals surface area (Å²) in [5, 5.41) is 0.700. The zero-order chi connectivity index (χ0) is 11.7. The third-order valence-corrected chi connectivity index (χ3v) is 3.49. The number of aryl methyl sites for hydroxylation is 1. The molecule has 2 aromatic rings. The van der Waals surface area contributed by atoms with Gasteiger partial charge in [-0.3, -0.25) is 4.79 Å². The molecule has 1 aromatic carbocycles. The Morgan fingerprint density at radius 1 is 1.56 bits per heavy atom. The van der Waals surface area contributed by atoms with E-state index in [9.17, 15) is 4.79 Å². The van der Waals surface area contributed by atoms with E-state index in [2.05, 4.69) is 4.99 Å². The van der Waals surface area contributed by atoms with Gasteiger partial charge in [-0.15, -0.1) is 0 Å². The van der Waals surface area contributed by atoms with Gasteiger partial charge in [-0.2, -0.15) is 4.99 Å². The van der Waals surface area contributed by atoms with Gasteiger partial charge < -0.3 is 4.57 Å². The standard InChI is InChI=1S/C11H11ClN2OS/c1-3-14-9-5-4-8(12)6-10(9)16-11(14)13-7(2)15/h4-6H,3H2,1-2H3. The molecule has 0 bridgehead atoms. The Labute approximate surface area is 102 Å². The molecule has 0 aliphatic rings. The van der Waals surface area contributed by atoms with Crippen molar-refractivity contribution in [3.63, 3.8) is 0 Å². The van der Waals surface area contributed by atoms with E-state index in [1.165, 1.54) is 18.3 Å². The van der Waals surface area contributed by atoms with Crippen LogP contribution < -0.4 is 4.80 Å². The van der Waals surface area contributed by atoms with Gasteiger partial charge in [0.2, 0.25) is 5.91 Å². The van der Waals surface area contributed by atoms with Crippen molar-refractivity contribution < 1.29 is 4.79 Å². The Bertz CT molecular complexity index is 612. The van der Waals surface area contributed by atoms with E-state index >= 15 is 0 Å². The van der Waals surface area contributed by atoms with Crippen LogP contribution in [0.5, 0.6) is 0 Å². The van der Waals surface area contributed by atoms with E-state index in [4.69, 9.17) is 11.6 Å². The molecule has 0 radical (unpaired) electrons. The highest BCUT2D eigenvalue weighted by Crippen LogP contribution is 2.21. The summed E-state index contributed by atoms with van der Waals surface area (Å²) in [4.78, 5) is 15.8. The Kier molecular flexibility index (Phi) is 3.12. The summed E-state index contributed by atoms with van der Waals surface area (Å²) in [5.41, 5.74) is 1.07. The molecule has 0 aliphatic carbocycles. The van der Waals surface area contributed by atoms with Gasteiger partial charge in [0.1, 0.15) is 0 Å². The second kappa shape index (κ2) is 4.39. The second-order valence-corrected chi connectivity index (χ2v) is 4.82. The highest BCUT2D eigenvalue weighted by molar-refractivity contribution is 7.16. The molecule has 3 nitrogen and oxygen atoms in total. The SMILES string of the molecule is CCn1c(=NC(C)=O)sc2cc(Cl)ccc21. The Hall–Kier alpha value is -1.13. The molecule has 0 aliphatic heterocycles. The molecule has 0 N–H and O–H groups in total. The molecule has 0 spiro atoms. The number of nitrogens with zero attached hydrogens (tertiary/aromatic N) is 2. The minimum absolute atomic E-state index is 0.181. The number of carbonyl (C=O) groups excluding carboxylic acids is 1. The molecule has 16 heavy (non-hydrogen) atoms. The van der Waals surface area contributed by atoms with Crippen LogP contribution >= 0.6 is 22.9 Å². The number of aromatic nitrogens is 1. The summed E-state index contributed by atoms with van der Waals surface area (Å²) in [7, 11) is 0. The van der Waals surface area contributed by atoms with Gasteiger partial charge in [-0.25, -0.2) is 0 Å². The molecule has 0 atom stereocenters. The van der Waals surface area contributed by atoms with Gasteiger partial charge >= 0.3 is 0 Å². The van der Waals surface area contributed by atoms with Crippen molar-refractivity contribution in [2.45, 2.75) is 20.4 Å². The highest BCUT2D eigenvalue weighted by atomic mass is 35.5. The zero-order valence-corrected chi connectivity index (χ0v) is 10.6. The van der Waals surface area contributed by atoms with Crippen LogP contribution in [0.3, 0.4) is 0 Å². The van der Waals surface area contributed by atoms with Crippen LogP contribution in [0.1, 0.15) is 13.8 Å². The van der Waals surface area contributed by atoms with Crippen molar-refractivity contribution in [2.75, 3.05) is 0 Å². The van der Waals surface area contributed by atoms with E-state index in [1.807, 2.05) is 29.7 Å². The topological polar surface area (TPSA) is 34.4 Å². The van der Waals surface area contributed by atoms with Crippen LogP contribution in [0.4, 0.5) is 0 Å². The summed E-state index contributed by atoms with van der Waals surface area (Å²) < 4.78 is 3.06. The lowest BCUT2D eigenvalue weighted by molar-refractivity contribution is -0.116. The Morgan fingerprint density at radius 2 is 2.31 bits per heavy atom. The van der Waals surface area contributed by atoms with Gasteiger partial charge in [0.25, 0.3) is 0 Å². The first-order chi connectivity index (χ1) is 7.61. The predicted octanol–water partition coefficient (Wildman–Crippen LogP) is 2.82. The maximum Gasteiger partial charge on any atom is 0.245 e. The molecule has 0 saturated heterocycles. The number of hydrogen-bond acceptors (Lipinski definition) is 2. The quantitative estimate of drug-likeness (QED) is 0.771. The number of hydrogen-bond donors (Lipinski definition) is 0. The molecule has 0 fully saturated rings. The summed E-state index contributed by atoms with van der Waals surface area (Å²) in [5.74, 6) is -0.181. The fourth-order valence-corrected chi connectivity index (χ4v) is 2.99. The summed E-state index contributed by atoms with van der Waals surface area (Å²) >= 11 is 7.41. The van der Waals surface area contributed by atoms with E-state index < -0.39 is 0 Å². The van der Waals surface area contributed by atoms with Gasteiger partial charge in [-0.05, 0) is 25.1 Å². The number of halogens is 1. The highest BCUT2D eigenvalue weighted by Gasteiger charge is 2.05. The van der Waals surface area contributed by atoms with E-state index in [-0.39, 0.29) is 5.91 Å². The number of fused-ring (bicyclic) bond motifs is 1. The molecule has 5 heteroatoms. The lowest BCUT2D eigenvalue weighted by Gasteiger charge is -1.99. The fourth-order valence-electron chi connectivity index (χ4n) is 1.57. The fraction of sp³-hybridized carbons (Fsp3) is 0.273. The number of carbonyl (C=O) groups is 1. The number of benzene rings is 1. The van der Waals surface area contributed by atoms with Crippen molar-refractivity contribution in [2.24, 2.45) is 4.99 Å². The van der Waals surface area contributed by atoms with Crippen LogP contribution in [0, 0.1) is 0 Å². The molecule has 1 aromatic heterocycles. The van der Waals surface area contributed by atoms with Crippen molar-refractivity contribution in [3.8, 4) is 0 Å². The maximum atomic E-state index is 11.0. The first-order valence-corrected chi connectivity index (χ1v) is 6.15. The molecular formula is C11H11ClN2OS. The third-order valence-electron chi connectivity index (χ3n) is 2.21. The normalized spacial score (nSPS) is 12.3. The van der Waals surface area contributed by atoms with Crippen LogP contribution in [0.25, 0.3) is 10.2 Å². The molecule has 0 unspecified atom stereocenters. The zero-order valence-electron chi connectivity index (χ0n) is 9.03. The molecule has 1 amide bonds. The van der Waals surface area contributed by atoms with Gasteiger partial charge in [-0.1, -0.05) is 22.9 Å². The predicted molar refractivity (Wildman–Crippen MR) is 66.7 cm³/mol. The molecule has 84 valence electrons. The number of amides is 1.